The van der Waals surface area contributed by atoms with Crippen molar-refractivity contribution in [3.8, 4) is 24.0 Å². The van der Waals surface area contributed by atoms with Crippen LogP contribution in [0.3, 0.4) is 0 Å². The van der Waals surface area contributed by atoms with Gasteiger partial charge in [0.2, 0.25) is 0 Å². The van der Waals surface area contributed by atoms with E-state index in [4.69, 9.17) is 10.5 Å². The minimum absolute atomic E-state index is 0.0946. The number of aryl methyl sites for hydroxylation is 1. The van der Waals surface area contributed by atoms with Crippen LogP contribution in [0.2, 0.25) is 0 Å². The fraction of sp³-hybridized carbons (Fsp3) is 0.200. The average Bonchev–Trinajstić information content (AvgIpc) is 2.55. The molecular weight excluding hydrogens is 405 g/mol. The summed E-state index contributed by atoms with van der Waals surface area (Å²) in [5, 5.41) is 17.8. The number of rotatable bonds is 2. The highest BCUT2D eigenvalue weighted by Crippen LogP contribution is 2.30. The Hall–Kier alpha value is -2.75. The summed E-state index contributed by atoms with van der Waals surface area (Å²) in [6.07, 6.45) is -4.16. The molecule has 0 N–H and O–H groups in total. The Bertz CT molecular complexity index is 984. The van der Waals surface area contributed by atoms with Gasteiger partial charge >= 0.3 is 6.18 Å². The normalized spacial score (nSPS) is 10.4. The molecule has 0 unspecified atom stereocenters. The number of alkyl halides is 3. The molecule has 0 amide bonds. The topological polar surface area (TPSA) is 47.6 Å². The van der Waals surface area contributed by atoms with Gasteiger partial charge in [-0.1, -0.05) is 33.8 Å². The predicted molar refractivity (Wildman–Crippen MR) is 94.9 cm³/mol. The zero-order chi connectivity index (χ0) is 19.3. The van der Waals surface area contributed by atoms with Gasteiger partial charge in [0.05, 0.1) is 30.5 Å². The van der Waals surface area contributed by atoms with Crippen LogP contribution in [0, 0.1) is 41.4 Å². The molecule has 0 spiro atoms. The van der Waals surface area contributed by atoms with Gasteiger partial charge in [0.25, 0.3) is 0 Å². The van der Waals surface area contributed by atoms with E-state index in [1.165, 1.54) is 0 Å². The molecule has 2 aromatic carbocycles. The number of benzene rings is 2. The summed E-state index contributed by atoms with van der Waals surface area (Å²) < 4.78 is 39.5. The van der Waals surface area contributed by atoms with Gasteiger partial charge in [0, 0.05) is 15.6 Å². The maximum atomic E-state index is 12.9. The summed E-state index contributed by atoms with van der Waals surface area (Å²) in [6.45, 7) is 1.58. The van der Waals surface area contributed by atoms with Crippen LogP contribution in [0.4, 0.5) is 13.2 Å². The lowest BCUT2D eigenvalue weighted by Crippen LogP contribution is -2.05. The zero-order valence-corrected chi connectivity index (χ0v) is 15.3. The molecule has 26 heavy (non-hydrogen) atoms. The van der Waals surface area contributed by atoms with E-state index in [9.17, 15) is 13.2 Å². The van der Waals surface area contributed by atoms with Gasteiger partial charge in [-0.15, -0.1) is 0 Å². The summed E-state index contributed by atoms with van der Waals surface area (Å²) in [4.78, 5) is 0. The van der Waals surface area contributed by atoms with E-state index in [2.05, 4.69) is 27.8 Å². The molecule has 0 saturated carbocycles. The maximum Gasteiger partial charge on any atom is 0.416 e. The number of hydrogen-bond acceptors (Lipinski definition) is 2. The SMILES string of the molecule is Cc1cc(C#Cc2cc(Br)c(CC#N)cc2CC#N)cc(C(F)(F)F)c1. The first-order valence-electron chi connectivity index (χ1n) is 7.50. The van der Waals surface area contributed by atoms with Gasteiger partial charge in [0.1, 0.15) is 0 Å². The highest BCUT2D eigenvalue weighted by atomic mass is 79.9. The Balaban J connectivity index is 2.50. The zero-order valence-electron chi connectivity index (χ0n) is 13.7. The van der Waals surface area contributed by atoms with Crippen LogP contribution in [0.15, 0.2) is 34.8 Å². The van der Waals surface area contributed by atoms with Gasteiger partial charge in [0.15, 0.2) is 0 Å². The number of hydrogen-bond donors (Lipinski definition) is 0. The maximum absolute atomic E-state index is 12.9. The van der Waals surface area contributed by atoms with Gasteiger partial charge in [-0.25, -0.2) is 0 Å². The fourth-order valence-corrected chi connectivity index (χ4v) is 2.88. The third-order valence-corrected chi connectivity index (χ3v) is 4.30. The van der Waals surface area contributed by atoms with Crippen LogP contribution in [-0.4, -0.2) is 0 Å². The molecule has 2 aromatic rings. The van der Waals surface area contributed by atoms with E-state index < -0.39 is 11.7 Å². The quantitative estimate of drug-likeness (QED) is 0.622. The highest BCUT2D eigenvalue weighted by Gasteiger charge is 2.30. The van der Waals surface area contributed by atoms with Crippen molar-refractivity contribution in [2.24, 2.45) is 0 Å². The second-order valence-electron chi connectivity index (χ2n) is 5.61. The lowest BCUT2D eigenvalue weighted by molar-refractivity contribution is -0.137. The van der Waals surface area contributed by atoms with E-state index in [-0.39, 0.29) is 18.4 Å². The van der Waals surface area contributed by atoms with E-state index in [1.807, 2.05) is 12.1 Å². The monoisotopic (exact) mass is 416 g/mol. The van der Waals surface area contributed by atoms with Crippen LogP contribution in [0.25, 0.3) is 0 Å². The molecule has 0 aliphatic carbocycles. The smallest absolute Gasteiger partial charge is 0.198 e. The Labute approximate surface area is 158 Å². The molecular formula is C20H12BrF3N2. The van der Waals surface area contributed by atoms with Crippen LogP contribution >= 0.6 is 15.9 Å². The molecule has 0 heterocycles. The number of nitrogens with zero attached hydrogens (tertiary/aromatic N) is 2. The van der Waals surface area contributed by atoms with E-state index in [1.54, 1.807) is 25.1 Å². The first-order valence-corrected chi connectivity index (χ1v) is 8.30. The molecule has 0 radical (unpaired) electrons. The largest absolute Gasteiger partial charge is 0.416 e. The lowest BCUT2D eigenvalue weighted by Gasteiger charge is -2.08. The standard InChI is InChI=1S/C20H12BrF3N2/c1-13-8-14(10-18(9-13)20(22,23)24)2-3-15-12-19(21)17(5-7-26)11-16(15)4-6-25/h8-12H,4-5H2,1H3. The highest BCUT2D eigenvalue weighted by molar-refractivity contribution is 9.10. The Kier molecular flexibility index (Phi) is 6.09. The minimum Gasteiger partial charge on any atom is -0.198 e. The third kappa shape index (κ3) is 4.88. The molecule has 2 rings (SSSR count). The molecule has 0 aliphatic heterocycles. The van der Waals surface area contributed by atoms with Crippen molar-refractivity contribution >= 4 is 15.9 Å². The van der Waals surface area contributed by atoms with Gasteiger partial charge in [-0.05, 0) is 47.9 Å². The summed E-state index contributed by atoms with van der Waals surface area (Å²) in [7, 11) is 0. The Morgan fingerprint density at radius 1 is 0.923 bits per heavy atom. The van der Waals surface area contributed by atoms with Gasteiger partial charge in [-0.2, -0.15) is 23.7 Å². The summed E-state index contributed by atoms with van der Waals surface area (Å²) in [6, 6.07) is 11.1. The van der Waals surface area contributed by atoms with Gasteiger partial charge in [-0.3, -0.25) is 0 Å². The van der Waals surface area contributed by atoms with Crippen LogP contribution in [0.5, 0.6) is 0 Å². The Morgan fingerprint density at radius 2 is 1.58 bits per heavy atom. The van der Waals surface area contributed by atoms with Crippen molar-refractivity contribution in [3.63, 3.8) is 0 Å². The molecule has 0 bridgehead atoms. The predicted octanol–water partition coefficient (Wildman–Crippen LogP) is 5.31. The van der Waals surface area contributed by atoms with E-state index in [0.717, 1.165) is 17.7 Å². The first-order chi connectivity index (χ1) is 12.2. The number of nitriles is 2. The van der Waals surface area contributed by atoms with Crippen molar-refractivity contribution in [3.05, 3.63) is 68.2 Å². The molecule has 0 aromatic heterocycles. The van der Waals surface area contributed by atoms with Crippen LogP contribution < -0.4 is 0 Å². The van der Waals surface area contributed by atoms with Crippen molar-refractivity contribution < 1.29 is 13.2 Å². The van der Waals surface area contributed by atoms with Crippen LogP contribution in [-0.2, 0) is 19.0 Å². The first kappa shape index (κ1) is 19.6. The lowest BCUT2D eigenvalue weighted by atomic mass is 10.00. The molecule has 6 heteroatoms. The molecule has 0 saturated heterocycles. The van der Waals surface area contributed by atoms with Gasteiger partial charge < -0.3 is 0 Å². The summed E-state index contributed by atoms with van der Waals surface area (Å²) >= 11 is 3.36. The molecule has 2 nitrogen and oxygen atoms in total. The molecule has 0 aliphatic rings. The third-order valence-electron chi connectivity index (χ3n) is 3.56. The summed E-state index contributed by atoms with van der Waals surface area (Å²) in [5.41, 5.74) is 1.87. The van der Waals surface area contributed by atoms with Crippen LogP contribution in [0.1, 0.15) is 33.4 Å². The average molecular weight is 417 g/mol. The second kappa shape index (κ2) is 8.09. The fourth-order valence-electron chi connectivity index (χ4n) is 2.40. The Morgan fingerprint density at radius 3 is 2.19 bits per heavy atom. The molecule has 0 atom stereocenters. The molecule has 130 valence electrons. The van der Waals surface area contributed by atoms with E-state index in [0.29, 0.717) is 21.2 Å². The van der Waals surface area contributed by atoms with Crippen molar-refractivity contribution in [2.45, 2.75) is 25.9 Å². The van der Waals surface area contributed by atoms with E-state index >= 15 is 0 Å². The second-order valence-corrected chi connectivity index (χ2v) is 6.46. The van der Waals surface area contributed by atoms with Crippen molar-refractivity contribution in [2.75, 3.05) is 0 Å². The van der Waals surface area contributed by atoms with Crippen molar-refractivity contribution in [1.82, 2.24) is 0 Å². The van der Waals surface area contributed by atoms with Crippen molar-refractivity contribution in [1.29, 1.82) is 10.5 Å². The minimum atomic E-state index is -4.43. The summed E-state index contributed by atoms with van der Waals surface area (Å²) in [5.74, 6) is 5.60. The molecule has 0 fully saturated rings. The number of halogens is 4.